The molecule has 0 amide bonds. The molecule has 1 N–H and O–H groups in total. The summed E-state index contributed by atoms with van der Waals surface area (Å²) in [4.78, 5) is 0. The molecule has 2 aromatic carbocycles. The first-order chi connectivity index (χ1) is 17.3. The largest absolute Gasteiger partial charge is 0.491 e. The Morgan fingerprint density at radius 2 is 1.50 bits per heavy atom. The molecule has 3 rings (SSSR count). The number of ether oxygens (including phenoxy) is 4. The highest BCUT2D eigenvalue weighted by Gasteiger charge is 2.29. The fraction of sp³-hybridized carbons (Fsp3) is 0.556. The normalized spacial score (nSPS) is 18.7. The molecule has 1 fully saturated rings. The van der Waals surface area contributed by atoms with E-state index in [-0.39, 0.29) is 30.4 Å². The van der Waals surface area contributed by atoms with Crippen molar-refractivity contribution in [1.29, 1.82) is 0 Å². The number of methoxy groups -OCH3 is 1. The maximum atomic E-state index is 15.0. The summed E-state index contributed by atoms with van der Waals surface area (Å²) in [6.07, 6.45) is 4.65. The Morgan fingerprint density at radius 3 is 2.14 bits per heavy atom. The van der Waals surface area contributed by atoms with E-state index in [1.54, 1.807) is 6.92 Å². The third-order valence-electron chi connectivity index (χ3n) is 6.58. The zero-order valence-corrected chi connectivity index (χ0v) is 20.9. The predicted octanol–water partition coefficient (Wildman–Crippen LogP) is 6.69. The van der Waals surface area contributed by atoms with Crippen molar-refractivity contribution in [1.82, 2.24) is 0 Å². The third kappa shape index (κ3) is 6.42. The number of rotatable bonds is 12. The summed E-state index contributed by atoms with van der Waals surface area (Å²) >= 11 is 0. The van der Waals surface area contributed by atoms with Crippen molar-refractivity contribution in [2.75, 3.05) is 27.1 Å². The third-order valence-corrected chi connectivity index (χ3v) is 6.58. The number of aliphatic hydroxyl groups is 1. The predicted molar refractivity (Wildman–Crippen MR) is 126 cm³/mol. The Balaban J connectivity index is 1.81. The van der Waals surface area contributed by atoms with Crippen LogP contribution in [0.25, 0.3) is 0 Å². The molecule has 1 saturated carbocycles. The number of hydrogen-bond donors (Lipinski definition) is 1. The van der Waals surface area contributed by atoms with Gasteiger partial charge < -0.3 is 24.1 Å². The zero-order valence-electron chi connectivity index (χ0n) is 20.9. The Morgan fingerprint density at radius 1 is 0.833 bits per heavy atom. The van der Waals surface area contributed by atoms with Crippen LogP contribution < -0.4 is 14.2 Å². The van der Waals surface area contributed by atoms with Crippen LogP contribution >= 0.6 is 0 Å². The molecule has 1 aliphatic carbocycles. The van der Waals surface area contributed by atoms with Gasteiger partial charge in [0.05, 0.1) is 13.2 Å². The molecule has 0 spiro atoms. The molecular weight excluding hydrogens is 480 g/mol. The van der Waals surface area contributed by atoms with Crippen LogP contribution in [-0.4, -0.2) is 32.2 Å². The van der Waals surface area contributed by atoms with Crippen LogP contribution in [-0.2, 0) is 4.74 Å². The van der Waals surface area contributed by atoms with E-state index >= 15 is 4.39 Å². The molecule has 0 saturated heterocycles. The summed E-state index contributed by atoms with van der Waals surface area (Å²) in [5.41, 5.74) is -0.833. The summed E-state index contributed by atoms with van der Waals surface area (Å²) < 4.78 is 79.5. The van der Waals surface area contributed by atoms with E-state index in [1.807, 2.05) is 0 Å². The molecule has 200 valence electrons. The van der Waals surface area contributed by atoms with Gasteiger partial charge in [0.1, 0.15) is 6.10 Å². The van der Waals surface area contributed by atoms with Crippen LogP contribution in [0.4, 0.5) is 17.6 Å². The molecule has 0 bridgehead atoms. The summed E-state index contributed by atoms with van der Waals surface area (Å²) in [5, 5.41) is 10.9. The van der Waals surface area contributed by atoms with Crippen molar-refractivity contribution < 1.29 is 41.6 Å². The average Bonchev–Trinajstić information content (AvgIpc) is 2.88. The quantitative estimate of drug-likeness (QED) is 0.253. The average molecular weight is 515 g/mol. The van der Waals surface area contributed by atoms with Gasteiger partial charge in [-0.1, -0.05) is 32.6 Å². The minimum Gasteiger partial charge on any atom is -0.491 e. The van der Waals surface area contributed by atoms with Gasteiger partial charge in [0.25, 0.3) is 0 Å². The van der Waals surface area contributed by atoms with Crippen LogP contribution in [0.15, 0.2) is 18.2 Å². The first-order valence-electron chi connectivity index (χ1n) is 12.4. The van der Waals surface area contributed by atoms with Crippen molar-refractivity contribution in [3.8, 4) is 17.2 Å². The molecule has 0 heterocycles. The fourth-order valence-corrected chi connectivity index (χ4v) is 4.67. The van der Waals surface area contributed by atoms with Gasteiger partial charge >= 0.3 is 0 Å². The minimum absolute atomic E-state index is 0.0133. The Hall–Kier alpha value is -2.52. The van der Waals surface area contributed by atoms with E-state index in [4.69, 9.17) is 18.9 Å². The highest BCUT2D eigenvalue weighted by Crippen LogP contribution is 2.40. The second-order valence-electron chi connectivity index (χ2n) is 9.07. The molecule has 0 radical (unpaired) electrons. The van der Waals surface area contributed by atoms with Gasteiger partial charge in [-0.25, -0.2) is 4.39 Å². The second kappa shape index (κ2) is 13.1. The standard InChI is InChI=1S/C27H34F4O5/c1-4-6-16-7-9-17(10-8-16)14-35-20-12-11-18(22(28)23(20)29)26(32)19-13-21(34-5-2)24(30)25(31)27(19)36-15-33-3/h11-13,16-17,26,32H,4-10,14-15H2,1-3H3. The molecule has 1 atom stereocenters. The van der Waals surface area contributed by atoms with Crippen molar-refractivity contribution in [3.63, 3.8) is 0 Å². The van der Waals surface area contributed by atoms with Crippen LogP contribution in [0.1, 0.15) is 69.6 Å². The fourth-order valence-electron chi connectivity index (χ4n) is 4.67. The van der Waals surface area contributed by atoms with Gasteiger partial charge in [-0.2, -0.15) is 13.2 Å². The smallest absolute Gasteiger partial charge is 0.205 e. The zero-order chi connectivity index (χ0) is 26.2. The highest BCUT2D eigenvalue weighted by molar-refractivity contribution is 5.48. The maximum Gasteiger partial charge on any atom is 0.205 e. The molecule has 1 aliphatic rings. The lowest BCUT2D eigenvalue weighted by Gasteiger charge is -2.28. The number of halogens is 4. The Kier molecular flexibility index (Phi) is 10.2. The molecule has 0 aromatic heterocycles. The molecule has 2 aromatic rings. The topological polar surface area (TPSA) is 57.2 Å². The Bertz CT molecular complexity index is 1010. The summed E-state index contributed by atoms with van der Waals surface area (Å²) in [6.45, 7) is 3.55. The van der Waals surface area contributed by atoms with Gasteiger partial charge in [-0.15, -0.1) is 0 Å². The second-order valence-corrected chi connectivity index (χ2v) is 9.07. The number of aliphatic hydroxyl groups excluding tert-OH is 1. The lowest BCUT2D eigenvalue weighted by molar-refractivity contribution is 0.0449. The first-order valence-corrected chi connectivity index (χ1v) is 12.4. The lowest BCUT2D eigenvalue weighted by atomic mass is 9.80. The lowest BCUT2D eigenvalue weighted by Crippen LogP contribution is -2.20. The molecule has 0 aliphatic heterocycles. The van der Waals surface area contributed by atoms with Gasteiger partial charge in [0, 0.05) is 18.2 Å². The highest BCUT2D eigenvalue weighted by atomic mass is 19.2. The van der Waals surface area contributed by atoms with Gasteiger partial charge in [-0.3, -0.25) is 0 Å². The van der Waals surface area contributed by atoms with E-state index in [1.165, 1.54) is 19.6 Å². The SMILES string of the molecule is CCCC1CCC(COc2ccc(C(O)c3cc(OCC)c(F)c(F)c3OCOC)c(F)c2F)CC1. The van der Waals surface area contributed by atoms with Crippen LogP contribution in [0, 0.1) is 35.1 Å². The molecular formula is C27H34F4O5. The van der Waals surface area contributed by atoms with E-state index in [9.17, 15) is 18.3 Å². The van der Waals surface area contributed by atoms with Crippen molar-refractivity contribution in [3.05, 3.63) is 52.6 Å². The van der Waals surface area contributed by atoms with Gasteiger partial charge in [-0.05, 0) is 49.8 Å². The van der Waals surface area contributed by atoms with Gasteiger partial charge in [0.15, 0.2) is 29.9 Å². The summed E-state index contributed by atoms with van der Waals surface area (Å²) in [7, 11) is 1.27. The maximum absolute atomic E-state index is 15.0. The summed E-state index contributed by atoms with van der Waals surface area (Å²) in [5.74, 6) is -5.86. The minimum atomic E-state index is -1.89. The molecule has 36 heavy (non-hydrogen) atoms. The van der Waals surface area contributed by atoms with Crippen molar-refractivity contribution in [2.45, 2.75) is 58.5 Å². The first kappa shape index (κ1) is 28.1. The van der Waals surface area contributed by atoms with Crippen LogP contribution in [0.2, 0.25) is 0 Å². The van der Waals surface area contributed by atoms with Crippen LogP contribution in [0.3, 0.4) is 0 Å². The van der Waals surface area contributed by atoms with Gasteiger partial charge in [0.2, 0.25) is 17.5 Å². The van der Waals surface area contributed by atoms with E-state index < -0.39 is 53.2 Å². The van der Waals surface area contributed by atoms with Crippen molar-refractivity contribution in [2.24, 2.45) is 11.8 Å². The monoisotopic (exact) mass is 514 g/mol. The van der Waals surface area contributed by atoms with Crippen molar-refractivity contribution >= 4 is 0 Å². The number of benzene rings is 2. The number of hydrogen-bond acceptors (Lipinski definition) is 5. The molecule has 9 heteroatoms. The van der Waals surface area contributed by atoms with E-state index in [0.29, 0.717) is 0 Å². The summed E-state index contributed by atoms with van der Waals surface area (Å²) in [6, 6.07) is 3.37. The molecule has 1 unspecified atom stereocenters. The Labute approximate surface area is 209 Å². The molecule has 5 nitrogen and oxygen atoms in total. The van der Waals surface area contributed by atoms with E-state index in [2.05, 4.69) is 6.92 Å². The van der Waals surface area contributed by atoms with Crippen LogP contribution in [0.5, 0.6) is 17.2 Å². The van der Waals surface area contributed by atoms with E-state index in [0.717, 1.165) is 50.2 Å².